The van der Waals surface area contributed by atoms with Crippen LogP contribution in [0.2, 0.25) is 0 Å². The summed E-state index contributed by atoms with van der Waals surface area (Å²) >= 11 is 0. The second-order valence-electron chi connectivity index (χ2n) is 6.96. The van der Waals surface area contributed by atoms with Gasteiger partial charge >= 0.3 is 0 Å². The van der Waals surface area contributed by atoms with Crippen molar-refractivity contribution in [2.45, 2.75) is 70.4 Å². The van der Waals surface area contributed by atoms with E-state index in [-0.39, 0.29) is 5.82 Å². The molecule has 0 radical (unpaired) electrons. The number of rotatable bonds is 4. The molecule has 0 amide bonds. The molecule has 3 rings (SSSR count). The van der Waals surface area contributed by atoms with E-state index in [1.54, 1.807) is 12.1 Å². The highest BCUT2D eigenvalue weighted by atomic mass is 19.1. The maximum absolute atomic E-state index is 13.0. The lowest BCUT2D eigenvalue weighted by Crippen LogP contribution is -2.42. The largest absolute Gasteiger partial charge is 0.310 e. The first-order chi connectivity index (χ1) is 10.3. The Morgan fingerprint density at radius 1 is 0.857 bits per heavy atom. The molecule has 0 heterocycles. The predicted octanol–water partition coefficient (Wildman–Crippen LogP) is 5.05. The third-order valence-electron chi connectivity index (χ3n) is 5.56. The summed E-state index contributed by atoms with van der Waals surface area (Å²) in [5.74, 6) is 1.68. The first-order valence-electron chi connectivity index (χ1n) is 8.81. The van der Waals surface area contributed by atoms with Gasteiger partial charge in [0, 0.05) is 12.6 Å². The third kappa shape index (κ3) is 4.06. The van der Waals surface area contributed by atoms with Gasteiger partial charge in [-0.25, -0.2) is 4.39 Å². The van der Waals surface area contributed by atoms with Crippen LogP contribution in [0.1, 0.15) is 63.4 Å². The van der Waals surface area contributed by atoms with Gasteiger partial charge in [-0.05, 0) is 42.4 Å². The topological polar surface area (TPSA) is 12.0 Å². The molecule has 2 saturated carbocycles. The summed E-state index contributed by atoms with van der Waals surface area (Å²) in [5.41, 5.74) is 1.20. The number of nitrogens with one attached hydrogen (secondary N) is 1. The van der Waals surface area contributed by atoms with E-state index in [9.17, 15) is 4.39 Å². The third-order valence-corrected chi connectivity index (χ3v) is 5.56. The standard InChI is InChI=1S/C19H28FN/c20-17-12-10-15(11-13-17)14-21-19-9-5-4-8-18(19)16-6-2-1-3-7-16/h10-13,16,18-19,21H,1-9,14H2. The van der Waals surface area contributed by atoms with Gasteiger partial charge in [0.1, 0.15) is 5.82 Å². The van der Waals surface area contributed by atoms with Gasteiger partial charge in [0.2, 0.25) is 0 Å². The fourth-order valence-electron chi connectivity index (χ4n) is 4.39. The van der Waals surface area contributed by atoms with E-state index in [2.05, 4.69) is 5.32 Å². The van der Waals surface area contributed by atoms with Gasteiger partial charge in [0.15, 0.2) is 0 Å². The van der Waals surface area contributed by atoms with Crippen LogP contribution in [0.5, 0.6) is 0 Å². The van der Waals surface area contributed by atoms with Crippen molar-refractivity contribution in [3.05, 3.63) is 35.6 Å². The Hall–Kier alpha value is -0.890. The highest BCUT2D eigenvalue weighted by Crippen LogP contribution is 2.38. The molecule has 21 heavy (non-hydrogen) atoms. The van der Waals surface area contributed by atoms with Crippen LogP contribution in [0.25, 0.3) is 0 Å². The summed E-state index contributed by atoms with van der Waals surface area (Å²) in [4.78, 5) is 0. The minimum Gasteiger partial charge on any atom is -0.310 e. The zero-order valence-corrected chi connectivity index (χ0v) is 13.0. The van der Waals surface area contributed by atoms with Crippen LogP contribution in [0.15, 0.2) is 24.3 Å². The Balaban J connectivity index is 1.57. The lowest BCUT2D eigenvalue weighted by atomic mass is 9.71. The Labute approximate surface area is 128 Å². The molecule has 0 saturated heterocycles. The van der Waals surface area contributed by atoms with Crippen molar-refractivity contribution in [2.75, 3.05) is 0 Å². The van der Waals surface area contributed by atoms with Crippen LogP contribution >= 0.6 is 0 Å². The molecular formula is C19H28FN. The molecule has 2 fully saturated rings. The van der Waals surface area contributed by atoms with Gasteiger partial charge in [0.05, 0.1) is 0 Å². The summed E-state index contributed by atoms with van der Waals surface area (Å²) < 4.78 is 13.0. The number of benzene rings is 1. The molecule has 0 bridgehead atoms. The second-order valence-corrected chi connectivity index (χ2v) is 6.96. The molecule has 1 aromatic rings. The van der Waals surface area contributed by atoms with Crippen LogP contribution in [0.4, 0.5) is 4.39 Å². The highest BCUT2D eigenvalue weighted by molar-refractivity contribution is 5.15. The van der Waals surface area contributed by atoms with E-state index in [1.165, 1.54) is 63.4 Å². The minimum absolute atomic E-state index is 0.142. The summed E-state index contributed by atoms with van der Waals surface area (Å²) in [6, 6.07) is 7.61. The van der Waals surface area contributed by atoms with Crippen LogP contribution < -0.4 is 5.32 Å². The zero-order valence-electron chi connectivity index (χ0n) is 13.0. The first-order valence-corrected chi connectivity index (χ1v) is 8.81. The average Bonchev–Trinajstić information content (AvgIpc) is 2.55. The Kier molecular flexibility index (Phi) is 5.29. The zero-order chi connectivity index (χ0) is 14.5. The monoisotopic (exact) mass is 289 g/mol. The molecule has 1 aromatic carbocycles. The van der Waals surface area contributed by atoms with E-state index in [0.29, 0.717) is 6.04 Å². The van der Waals surface area contributed by atoms with Crippen LogP contribution in [-0.4, -0.2) is 6.04 Å². The molecule has 1 N–H and O–H groups in total. The number of hydrogen-bond acceptors (Lipinski definition) is 1. The van der Waals surface area contributed by atoms with Gasteiger partial charge in [0.25, 0.3) is 0 Å². The van der Waals surface area contributed by atoms with Crippen LogP contribution in [-0.2, 0) is 6.54 Å². The number of halogens is 1. The molecule has 2 aliphatic rings. The van der Waals surface area contributed by atoms with Crippen molar-refractivity contribution < 1.29 is 4.39 Å². The van der Waals surface area contributed by atoms with Crippen molar-refractivity contribution in [3.8, 4) is 0 Å². The maximum Gasteiger partial charge on any atom is 0.123 e. The van der Waals surface area contributed by atoms with Crippen molar-refractivity contribution in [1.82, 2.24) is 5.32 Å². The molecule has 2 unspecified atom stereocenters. The fourth-order valence-corrected chi connectivity index (χ4v) is 4.39. The van der Waals surface area contributed by atoms with E-state index < -0.39 is 0 Å². The van der Waals surface area contributed by atoms with Gasteiger partial charge in [-0.3, -0.25) is 0 Å². The number of hydrogen-bond donors (Lipinski definition) is 1. The minimum atomic E-state index is -0.142. The smallest absolute Gasteiger partial charge is 0.123 e. The van der Waals surface area contributed by atoms with E-state index in [0.717, 1.165) is 18.4 Å². The molecule has 1 nitrogen and oxygen atoms in total. The van der Waals surface area contributed by atoms with E-state index in [1.807, 2.05) is 12.1 Å². The molecule has 0 aromatic heterocycles. The Bertz CT molecular complexity index is 422. The summed E-state index contributed by atoms with van der Waals surface area (Å²) in [6.07, 6.45) is 12.7. The Morgan fingerprint density at radius 3 is 2.29 bits per heavy atom. The summed E-state index contributed by atoms with van der Waals surface area (Å²) in [5, 5.41) is 3.78. The van der Waals surface area contributed by atoms with E-state index in [4.69, 9.17) is 0 Å². The molecule has 0 aliphatic heterocycles. The first kappa shape index (κ1) is 15.0. The molecule has 2 atom stereocenters. The molecular weight excluding hydrogens is 261 g/mol. The molecule has 2 heteroatoms. The summed E-state index contributed by atoms with van der Waals surface area (Å²) in [7, 11) is 0. The molecule has 116 valence electrons. The van der Waals surface area contributed by atoms with Gasteiger partial charge in [-0.1, -0.05) is 57.1 Å². The van der Waals surface area contributed by atoms with Crippen molar-refractivity contribution in [1.29, 1.82) is 0 Å². The van der Waals surface area contributed by atoms with Gasteiger partial charge in [-0.2, -0.15) is 0 Å². The van der Waals surface area contributed by atoms with Crippen LogP contribution in [0.3, 0.4) is 0 Å². The average molecular weight is 289 g/mol. The lowest BCUT2D eigenvalue weighted by Gasteiger charge is -2.39. The van der Waals surface area contributed by atoms with Crippen molar-refractivity contribution in [3.63, 3.8) is 0 Å². The van der Waals surface area contributed by atoms with Crippen molar-refractivity contribution >= 4 is 0 Å². The maximum atomic E-state index is 13.0. The summed E-state index contributed by atoms with van der Waals surface area (Å²) in [6.45, 7) is 0.883. The molecule has 0 spiro atoms. The second kappa shape index (κ2) is 7.40. The fraction of sp³-hybridized carbons (Fsp3) is 0.684. The quantitative estimate of drug-likeness (QED) is 0.817. The molecule has 2 aliphatic carbocycles. The SMILES string of the molecule is Fc1ccc(CNC2CCCCC2C2CCCCC2)cc1. The lowest BCUT2D eigenvalue weighted by molar-refractivity contribution is 0.149. The Morgan fingerprint density at radius 2 is 1.52 bits per heavy atom. The van der Waals surface area contributed by atoms with Gasteiger partial charge in [-0.15, -0.1) is 0 Å². The highest BCUT2D eigenvalue weighted by Gasteiger charge is 2.32. The van der Waals surface area contributed by atoms with Crippen LogP contribution in [0, 0.1) is 17.7 Å². The normalized spacial score (nSPS) is 27.7. The van der Waals surface area contributed by atoms with E-state index >= 15 is 0 Å². The predicted molar refractivity (Wildman–Crippen MR) is 85.6 cm³/mol. The van der Waals surface area contributed by atoms with Gasteiger partial charge < -0.3 is 5.32 Å². The van der Waals surface area contributed by atoms with Crippen molar-refractivity contribution in [2.24, 2.45) is 11.8 Å².